The molecular formula is C27H32N3O2+. The molecule has 32 heavy (non-hydrogen) atoms. The maximum atomic E-state index is 6.64. The van der Waals surface area contributed by atoms with Crippen LogP contribution in [-0.2, 0) is 18.5 Å². The van der Waals surface area contributed by atoms with Crippen LogP contribution < -0.4 is 19.8 Å². The highest BCUT2D eigenvalue weighted by Crippen LogP contribution is 2.26. The van der Waals surface area contributed by atoms with Crippen molar-refractivity contribution in [1.29, 1.82) is 0 Å². The Labute approximate surface area is 190 Å². The number of anilines is 1. The van der Waals surface area contributed by atoms with E-state index in [0.717, 1.165) is 35.0 Å². The highest BCUT2D eigenvalue weighted by atomic mass is 16.5. The van der Waals surface area contributed by atoms with Crippen LogP contribution >= 0.6 is 0 Å². The van der Waals surface area contributed by atoms with E-state index in [4.69, 9.17) is 15.2 Å². The number of methoxy groups -OCH3 is 1. The summed E-state index contributed by atoms with van der Waals surface area (Å²) in [5.41, 5.74) is 11.5. The van der Waals surface area contributed by atoms with Crippen LogP contribution in [-0.4, -0.2) is 18.3 Å². The lowest BCUT2D eigenvalue weighted by atomic mass is 9.87. The van der Waals surface area contributed by atoms with Crippen molar-refractivity contribution < 1.29 is 14.0 Å². The summed E-state index contributed by atoms with van der Waals surface area (Å²) in [4.78, 5) is 0. The molecule has 0 unspecified atom stereocenters. The molecule has 3 aromatic carbocycles. The van der Waals surface area contributed by atoms with Gasteiger partial charge in [-0.15, -0.1) is 0 Å². The molecule has 0 saturated heterocycles. The van der Waals surface area contributed by atoms with Crippen LogP contribution in [0.1, 0.15) is 31.9 Å². The quantitative estimate of drug-likeness (QED) is 0.422. The second-order valence-corrected chi connectivity index (χ2v) is 9.03. The van der Waals surface area contributed by atoms with Gasteiger partial charge in [-0.05, 0) is 40.8 Å². The van der Waals surface area contributed by atoms with Crippen LogP contribution in [0, 0.1) is 0 Å². The number of hydrogen-bond donors (Lipinski definition) is 1. The normalized spacial score (nSPS) is 11.6. The van der Waals surface area contributed by atoms with Gasteiger partial charge in [0, 0.05) is 0 Å². The monoisotopic (exact) mass is 430 g/mol. The number of fused-ring (bicyclic) bond motifs is 1. The fourth-order valence-corrected chi connectivity index (χ4v) is 3.99. The maximum absolute atomic E-state index is 6.64. The topological polar surface area (TPSA) is 53.3 Å². The van der Waals surface area contributed by atoms with Crippen LogP contribution in [0.3, 0.4) is 0 Å². The average molecular weight is 431 g/mol. The van der Waals surface area contributed by atoms with Crippen molar-refractivity contribution in [3.63, 3.8) is 0 Å². The number of nitrogens with zero attached hydrogens (tertiary/aromatic N) is 2. The molecule has 4 rings (SSSR count). The second kappa shape index (κ2) is 8.95. The van der Waals surface area contributed by atoms with E-state index in [1.165, 1.54) is 11.1 Å². The van der Waals surface area contributed by atoms with Crippen molar-refractivity contribution in [1.82, 2.24) is 4.57 Å². The van der Waals surface area contributed by atoms with E-state index in [1.807, 2.05) is 30.3 Å². The Morgan fingerprint density at radius 3 is 2.22 bits per heavy atom. The highest BCUT2D eigenvalue weighted by Gasteiger charge is 2.21. The molecular weight excluding hydrogens is 398 g/mol. The molecule has 5 heteroatoms. The molecule has 0 radical (unpaired) electrons. The van der Waals surface area contributed by atoms with E-state index in [-0.39, 0.29) is 5.41 Å². The maximum Gasteiger partial charge on any atom is 0.356 e. The number of aromatic nitrogens is 2. The number of ether oxygens (including phenoxy) is 2. The molecule has 1 heterocycles. The van der Waals surface area contributed by atoms with Crippen LogP contribution in [0.2, 0.25) is 0 Å². The van der Waals surface area contributed by atoms with Gasteiger partial charge in [0.25, 0.3) is 0 Å². The summed E-state index contributed by atoms with van der Waals surface area (Å²) in [6, 6.07) is 24.8. The summed E-state index contributed by atoms with van der Waals surface area (Å²) in [7, 11) is 1.65. The van der Waals surface area contributed by atoms with Crippen LogP contribution in [0.25, 0.3) is 11.0 Å². The fourth-order valence-electron chi connectivity index (χ4n) is 3.99. The number of rotatable bonds is 7. The molecule has 0 spiro atoms. The highest BCUT2D eigenvalue weighted by molar-refractivity contribution is 5.73. The van der Waals surface area contributed by atoms with Crippen molar-refractivity contribution >= 4 is 17.0 Å². The van der Waals surface area contributed by atoms with Gasteiger partial charge in [0.1, 0.15) is 24.2 Å². The zero-order valence-corrected chi connectivity index (χ0v) is 19.3. The molecule has 0 bridgehead atoms. The molecule has 5 nitrogen and oxygen atoms in total. The van der Waals surface area contributed by atoms with Crippen LogP contribution in [0.5, 0.6) is 11.5 Å². The molecule has 0 aliphatic carbocycles. The average Bonchev–Trinajstić information content (AvgIpc) is 3.05. The van der Waals surface area contributed by atoms with E-state index in [1.54, 1.807) is 7.11 Å². The molecule has 1 aromatic heterocycles. The van der Waals surface area contributed by atoms with Crippen molar-refractivity contribution in [3.05, 3.63) is 83.9 Å². The summed E-state index contributed by atoms with van der Waals surface area (Å²) >= 11 is 0. The molecule has 0 aliphatic heterocycles. The number of nitrogen functional groups attached to an aromatic ring is 1. The Morgan fingerprint density at radius 2 is 1.53 bits per heavy atom. The first-order chi connectivity index (χ1) is 15.4. The van der Waals surface area contributed by atoms with E-state index in [9.17, 15) is 0 Å². The molecule has 0 aliphatic rings. The number of imidazole rings is 1. The standard InChI is InChI=1S/C27H31N3O2/c1-27(2,3)21-15-13-20(14-16-21)19-30-23-10-6-5-9-22(23)29(26(30)28)17-18-32-25-12-8-7-11-24(25)31-4/h5-16,28H,17-19H2,1-4H3/p+1. The van der Waals surface area contributed by atoms with E-state index >= 15 is 0 Å². The second-order valence-electron chi connectivity index (χ2n) is 9.03. The Balaban J connectivity index is 1.58. The first kappa shape index (κ1) is 21.8. The lowest BCUT2D eigenvalue weighted by Crippen LogP contribution is -2.37. The summed E-state index contributed by atoms with van der Waals surface area (Å²) in [6.07, 6.45) is 0. The van der Waals surface area contributed by atoms with Gasteiger partial charge in [0.2, 0.25) is 0 Å². The third kappa shape index (κ3) is 4.42. The Kier molecular flexibility index (Phi) is 6.08. The van der Waals surface area contributed by atoms with Crippen molar-refractivity contribution in [3.8, 4) is 11.5 Å². The summed E-state index contributed by atoms with van der Waals surface area (Å²) in [5.74, 6) is 2.18. The minimum atomic E-state index is 0.141. The van der Waals surface area contributed by atoms with Gasteiger partial charge in [0.05, 0.1) is 13.7 Å². The third-order valence-electron chi connectivity index (χ3n) is 5.82. The lowest BCUT2D eigenvalue weighted by molar-refractivity contribution is -0.648. The molecule has 166 valence electrons. The molecule has 0 atom stereocenters. The van der Waals surface area contributed by atoms with Crippen molar-refractivity contribution in [2.24, 2.45) is 0 Å². The van der Waals surface area contributed by atoms with Crippen LogP contribution in [0.4, 0.5) is 5.95 Å². The largest absolute Gasteiger partial charge is 0.493 e. The minimum Gasteiger partial charge on any atom is -0.493 e. The number of nitrogens with two attached hydrogens (primary N) is 1. The Morgan fingerprint density at radius 1 is 0.875 bits per heavy atom. The number of hydrogen-bond acceptors (Lipinski definition) is 3. The number of benzene rings is 3. The van der Waals surface area contributed by atoms with Gasteiger partial charge in [0.15, 0.2) is 11.5 Å². The first-order valence-corrected chi connectivity index (χ1v) is 11.0. The first-order valence-electron chi connectivity index (χ1n) is 11.0. The zero-order valence-electron chi connectivity index (χ0n) is 19.3. The molecule has 4 aromatic rings. The molecule has 0 amide bonds. The molecule has 0 fully saturated rings. The SMILES string of the molecule is COc1ccccc1OCCn1c(N)[n+](Cc2ccc(C(C)(C)C)cc2)c2ccccc21. The third-order valence-corrected chi connectivity index (χ3v) is 5.82. The van der Waals surface area contributed by atoms with Crippen molar-refractivity contribution in [2.75, 3.05) is 19.5 Å². The van der Waals surface area contributed by atoms with Gasteiger partial charge in [-0.1, -0.05) is 69.3 Å². The van der Waals surface area contributed by atoms with E-state index in [0.29, 0.717) is 13.2 Å². The van der Waals surface area contributed by atoms with Gasteiger partial charge in [-0.3, -0.25) is 5.73 Å². The van der Waals surface area contributed by atoms with Gasteiger partial charge >= 0.3 is 5.95 Å². The van der Waals surface area contributed by atoms with Gasteiger partial charge in [-0.2, -0.15) is 0 Å². The van der Waals surface area contributed by atoms with Gasteiger partial charge < -0.3 is 9.47 Å². The Bertz CT molecular complexity index is 1200. The summed E-state index contributed by atoms with van der Waals surface area (Å²) in [6.45, 7) is 8.54. The predicted octanol–water partition coefficient (Wildman–Crippen LogP) is 4.94. The molecule has 2 N–H and O–H groups in total. The lowest BCUT2D eigenvalue weighted by Gasteiger charge is -2.19. The summed E-state index contributed by atoms with van der Waals surface area (Å²) < 4.78 is 15.7. The van der Waals surface area contributed by atoms with E-state index in [2.05, 4.69) is 72.4 Å². The predicted molar refractivity (Wildman–Crippen MR) is 129 cm³/mol. The number of para-hydroxylation sites is 4. The van der Waals surface area contributed by atoms with Crippen molar-refractivity contribution in [2.45, 2.75) is 39.3 Å². The molecule has 0 saturated carbocycles. The fraction of sp³-hybridized carbons (Fsp3) is 0.296. The summed E-state index contributed by atoms with van der Waals surface area (Å²) in [5, 5.41) is 0. The van der Waals surface area contributed by atoms with Crippen LogP contribution in [0.15, 0.2) is 72.8 Å². The zero-order chi connectivity index (χ0) is 22.7. The van der Waals surface area contributed by atoms with E-state index < -0.39 is 0 Å². The smallest absolute Gasteiger partial charge is 0.356 e. The Hall–Kier alpha value is -3.47. The minimum absolute atomic E-state index is 0.141. The van der Waals surface area contributed by atoms with Gasteiger partial charge in [-0.25, -0.2) is 9.13 Å².